The van der Waals surface area contributed by atoms with Gasteiger partial charge in [-0.25, -0.2) is 4.98 Å². The van der Waals surface area contributed by atoms with Gasteiger partial charge in [-0.3, -0.25) is 4.79 Å². The van der Waals surface area contributed by atoms with Gasteiger partial charge < -0.3 is 20.4 Å². The minimum atomic E-state index is -0.108. The molecule has 0 aromatic carbocycles. The Bertz CT molecular complexity index is 364. The van der Waals surface area contributed by atoms with Crippen LogP contribution in [0.5, 0.6) is 0 Å². The first kappa shape index (κ1) is 12.7. The molecule has 1 aromatic heterocycles. The summed E-state index contributed by atoms with van der Waals surface area (Å²) in [7, 11) is 0. The van der Waals surface area contributed by atoms with Crippen molar-refractivity contribution in [1.82, 2.24) is 9.55 Å². The number of hydrogen-bond acceptors (Lipinski definition) is 5. The fourth-order valence-electron chi connectivity index (χ4n) is 1.24. The number of nitrogens with one attached hydrogen (secondary N) is 1. The Hall–Kier alpha value is -1.40. The van der Waals surface area contributed by atoms with E-state index in [1.807, 2.05) is 6.92 Å². The van der Waals surface area contributed by atoms with E-state index < -0.39 is 0 Å². The molecule has 0 unspecified atom stereocenters. The van der Waals surface area contributed by atoms with Crippen molar-refractivity contribution in [3.05, 3.63) is 22.7 Å². The number of ether oxygens (including phenoxy) is 1. The van der Waals surface area contributed by atoms with Crippen molar-refractivity contribution >= 4 is 5.82 Å². The van der Waals surface area contributed by atoms with Gasteiger partial charge in [0.1, 0.15) is 0 Å². The number of anilines is 1. The van der Waals surface area contributed by atoms with Crippen molar-refractivity contribution in [3.63, 3.8) is 0 Å². The van der Waals surface area contributed by atoms with Crippen molar-refractivity contribution < 1.29 is 4.74 Å². The molecular formula is C10H18N4O2. The average Bonchev–Trinajstić information content (AvgIpc) is 2.31. The minimum Gasteiger partial charge on any atom is -0.378 e. The lowest BCUT2D eigenvalue weighted by molar-refractivity contribution is 0.151. The molecular weight excluding hydrogens is 208 g/mol. The number of rotatable bonds is 7. The molecule has 1 aromatic rings. The third-order valence-corrected chi connectivity index (χ3v) is 2.06. The molecule has 0 radical (unpaired) electrons. The van der Waals surface area contributed by atoms with Gasteiger partial charge >= 0.3 is 0 Å². The van der Waals surface area contributed by atoms with E-state index in [0.29, 0.717) is 38.7 Å². The summed E-state index contributed by atoms with van der Waals surface area (Å²) in [6, 6.07) is 0. The summed E-state index contributed by atoms with van der Waals surface area (Å²) < 4.78 is 6.77. The summed E-state index contributed by atoms with van der Waals surface area (Å²) in [5.41, 5.74) is 5.17. The highest BCUT2D eigenvalue weighted by Gasteiger charge is 2.01. The average molecular weight is 226 g/mol. The van der Waals surface area contributed by atoms with E-state index in [1.54, 1.807) is 17.0 Å². The number of aromatic nitrogens is 2. The molecule has 0 fully saturated rings. The predicted octanol–water partition coefficient (Wildman–Crippen LogP) is -0.350. The first-order valence-corrected chi connectivity index (χ1v) is 5.36. The van der Waals surface area contributed by atoms with Crippen LogP contribution < -0.4 is 16.6 Å². The Balaban J connectivity index is 2.45. The molecule has 0 saturated carbocycles. The molecule has 0 saturated heterocycles. The van der Waals surface area contributed by atoms with Crippen molar-refractivity contribution in [2.45, 2.75) is 13.5 Å². The van der Waals surface area contributed by atoms with Gasteiger partial charge in [-0.2, -0.15) is 0 Å². The molecule has 16 heavy (non-hydrogen) atoms. The largest absolute Gasteiger partial charge is 0.378 e. The zero-order valence-corrected chi connectivity index (χ0v) is 9.48. The van der Waals surface area contributed by atoms with Crippen LogP contribution in [0, 0.1) is 0 Å². The van der Waals surface area contributed by atoms with Crippen molar-refractivity contribution in [3.8, 4) is 0 Å². The van der Waals surface area contributed by atoms with Crippen molar-refractivity contribution in [2.75, 3.05) is 31.6 Å². The van der Waals surface area contributed by atoms with Crippen LogP contribution in [-0.4, -0.2) is 35.9 Å². The van der Waals surface area contributed by atoms with E-state index in [1.165, 1.54) is 0 Å². The molecule has 0 bridgehead atoms. The monoisotopic (exact) mass is 226 g/mol. The molecule has 0 spiro atoms. The molecule has 0 atom stereocenters. The van der Waals surface area contributed by atoms with Gasteiger partial charge in [0.2, 0.25) is 0 Å². The lowest BCUT2D eigenvalue weighted by Gasteiger charge is -2.07. The Morgan fingerprint density at radius 2 is 2.38 bits per heavy atom. The highest BCUT2D eigenvalue weighted by atomic mass is 16.5. The quantitative estimate of drug-likeness (QED) is 0.621. The fourth-order valence-corrected chi connectivity index (χ4v) is 1.24. The zero-order valence-electron chi connectivity index (χ0n) is 9.48. The van der Waals surface area contributed by atoms with Crippen molar-refractivity contribution in [2.24, 2.45) is 5.73 Å². The van der Waals surface area contributed by atoms with Gasteiger partial charge in [0.25, 0.3) is 5.56 Å². The van der Waals surface area contributed by atoms with Crippen LogP contribution in [0.1, 0.15) is 6.92 Å². The third kappa shape index (κ3) is 3.63. The summed E-state index contributed by atoms with van der Waals surface area (Å²) in [5.74, 6) is 0.362. The van der Waals surface area contributed by atoms with Crippen LogP contribution in [-0.2, 0) is 11.3 Å². The first-order valence-electron chi connectivity index (χ1n) is 5.36. The lowest BCUT2D eigenvalue weighted by atomic mass is 10.5. The maximum absolute atomic E-state index is 11.7. The van der Waals surface area contributed by atoms with Gasteiger partial charge in [-0.1, -0.05) is 0 Å². The second-order valence-corrected chi connectivity index (χ2v) is 3.19. The Morgan fingerprint density at radius 3 is 3.06 bits per heavy atom. The van der Waals surface area contributed by atoms with Gasteiger partial charge in [-0.15, -0.1) is 0 Å². The van der Waals surface area contributed by atoms with E-state index in [4.69, 9.17) is 10.5 Å². The number of nitrogens with zero attached hydrogens (tertiary/aromatic N) is 2. The predicted molar refractivity (Wildman–Crippen MR) is 62.5 cm³/mol. The van der Waals surface area contributed by atoms with Crippen LogP contribution in [0.3, 0.4) is 0 Å². The second kappa shape index (κ2) is 6.97. The first-order chi connectivity index (χ1) is 7.79. The Labute approximate surface area is 94.4 Å². The molecule has 90 valence electrons. The molecule has 1 heterocycles. The van der Waals surface area contributed by atoms with E-state index >= 15 is 0 Å². The standard InChI is InChI=1S/C10H18N4O2/c1-2-14-6-4-12-9(10(14)15)13-5-8-16-7-3-11/h4,6H,2-3,5,7-8,11H2,1H3,(H,12,13). The minimum absolute atomic E-state index is 0.108. The molecule has 6 heteroatoms. The van der Waals surface area contributed by atoms with Crippen LogP contribution >= 0.6 is 0 Å². The van der Waals surface area contributed by atoms with Crippen LogP contribution in [0.15, 0.2) is 17.2 Å². The van der Waals surface area contributed by atoms with Gasteiger partial charge in [-0.05, 0) is 6.92 Å². The SMILES string of the molecule is CCn1ccnc(NCCOCCN)c1=O. The molecule has 0 aliphatic heterocycles. The van der Waals surface area contributed by atoms with E-state index in [-0.39, 0.29) is 5.56 Å². The van der Waals surface area contributed by atoms with Gasteiger partial charge in [0.15, 0.2) is 5.82 Å². The molecule has 0 aliphatic carbocycles. The van der Waals surface area contributed by atoms with E-state index in [0.717, 1.165) is 0 Å². The maximum Gasteiger partial charge on any atom is 0.293 e. The second-order valence-electron chi connectivity index (χ2n) is 3.19. The van der Waals surface area contributed by atoms with E-state index in [9.17, 15) is 4.79 Å². The molecule has 6 nitrogen and oxygen atoms in total. The van der Waals surface area contributed by atoms with Crippen LogP contribution in [0.25, 0.3) is 0 Å². The normalized spacial score (nSPS) is 10.4. The summed E-state index contributed by atoms with van der Waals surface area (Å²) in [6.07, 6.45) is 3.27. The van der Waals surface area contributed by atoms with Crippen LogP contribution in [0.4, 0.5) is 5.82 Å². The van der Waals surface area contributed by atoms with Gasteiger partial charge in [0.05, 0.1) is 13.2 Å². The number of hydrogen-bond donors (Lipinski definition) is 2. The van der Waals surface area contributed by atoms with E-state index in [2.05, 4.69) is 10.3 Å². The fraction of sp³-hybridized carbons (Fsp3) is 0.600. The lowest BCUT2D eigenvalue weighted by Crippen LogP contribution is -2.25. The zero-order chi connectivity index (χ0) is 11.8. The maximum atomic E-state index is 11.7. The highest BCUT2D eigenvalue weighted by molar-refractivity contribution is 5.30. The smallest absolute Gasteiger partial charge is 0.293 e. The highest BCUT2D eigenvalue weighted by Crippen LogP contribution is 1.92. The molecule has 3 N–H and O–H groups in total. The summed E-state index contributed by atoms with van der Waals surface area (Å²) in [6.45, 7) is 4.65. The molecule has 1 rings (SSSR count). The molecule has 0 aliphatic rings. The number of aryl methyl sites for hydroxylation is 1. The Morgan fingerprint density at radius 1 is 1.56 bits per heavy atom. The molecule has 0 amide bonds. The van der Waals surface area contributed by atoms with Crippen LogP contribution in [0.2, 0.25) is 0 Å². The van der Waals surface area contributed by atoms with Crippen molar-refractivity contribution in [1.29, 1.82) is 0 Å². The number of nitrogens with two attached hydrogens (primary N) is 1. The summed E-state index contributed by atoms with van der Waals surface area (Å²) >= 11 is 0. The Kier molecular flexibility index (Phi) is 5.52. The topological polar surface area (TPSA) is 82.2 Å². The third-order valence-electron chi connectivity index (χ3n) is 2.06. The summed E-state index contributed by atoms with van der Waals surface area (Å²) in [4.78, 5) is 15.7. The summed E-state index contributed by atoms with van der Waals surface area (Å²) in [5, 5.41) is 2.94. The van der Waals surface area contributed by atoms with Gasteiger partial charge in [0, 0.05) is 32.0 Å².